The Kier molecular flexibility index (Phi) is 3.57. The maximum absolute atomic E-state index is 4.16. The molecule has 1 unspecified atom stereocenters. The Morgan fingerprint density at radius 3 is 3.00 bits per heavy atom. The number of rotatable bonds is 5. The molecule has 2 aromatic rings. The molecule has 0 amide bonds. The van der Waals surface area contributed by atoms with Crippen molar-refractivity contribution in [2.75, 3.05) is 6.54 Å². The molecule has 0 saturated carbocycles. The van der Waals surface area contributed by atoms with Crippen molar-refractivity contribution < 1.29 is 0 Å². The van der Waals surface area contributed by atoms with Gasteiger partial charge in [0.25, 0.3) is 0 Å². The zero-order valence-electron chi connectivity index (χ0n) is 12.2. The molecular weight excluding hydrogens is 248 g/mol. The van der Waals surface area contributed by atoms with Crippen LogP contribution in [-0.4, -0.2) is 21.7 Å². The molecular formula is C16H22N4. The molecule has 4 heteroatoms. The molecule has 0 bridgehead atoms. The minimum atomic E-state index is 0.288. The van der Waals surface area contributed by atoms with Crippen LogP contribution in [0.4, 0.5) is 0 Å². The van der Waals surface area contributed by atoms with Crippen molar-refractivity contribution in [2.45, 2.75) is 39.2 Å². The summed E-state index contributed by atoms with van der Waals surface area (Å²) in [6.07, 6.45) is 4.74. The zero-order valence-corrected chi connectivity index (χ0v) is 12.2. The van der Waals surface area contributed by atoms with Crippen molar-refractivity contribution in [2.24, 2.45) is 5.41 Å². The average molecular weight is 270 g/mol. The van der Waals surface area contributed by atoms with Crippen molar-refractivity contribution in [3.05, 3.63) is 47.5 Å². The molecule has 1 heterocycles. The molecule has 1 aromatic carbocycles. The first-order valence-corrected chi connectivity index (χ1v) is 7.32. The van der Waals surface area contributed by atoms with Crippen molar-refractivity contribution in [1.82, 2.24) is 20.5 Å². The van der Waals surface area contributed by atoms with Crippen LogP contribution in [0.5, 0.6) is 0 Å². The van der Waals surface area contributed by atoms with E-state index in [1.54, 1.807) is 6.33 Å². The number of aromatic nitrogens is 3. The molecule has 0 radical (unpaired) electrons. The molecule has 1 aromatic heterocycles. The zero-order chi connectivity index (χ0) is 14.0. The molecule has 0 spiro atoms. The van der Waals surface area contributed by atoms with Gasteiger partial charge in [0.15, 0.2) is 0 Å². The third kappa shape index (κ3) is 2.61. The molecule has 0 aliphatic heterocycles. The van der Waals surface area contributed by atoms with Crippen molar-refractivity contribution >= 4 is 0 Å². The number of nitrogens with zero attached hydrogens (tertiary/aromatic N) is 2. The quantitative estimate of drug-likeness (QED) is 0.821. The second-order valence-corrected chi connectivity index (χ2v) is 6.29. The number of aryl methyl sites for hydroxylation is 1. The Hall–Kier alpha value is -1.68. The lowest BCUT2D eigenvalue weighted by atomic mass is 9.85. The normalized spacial score (nSPS) is 20.0. The van der Waals surface area contributed by atoms with E-state index in [2.05, 4.69) is 58.6 Å². The van der Waals surface area contributed by atoms with E-state index in [0.717, 1.165) is 31.6 Å². The van der Waals surface area contributed by atoms with Crippen molar-refractivity contribution in [3.8, 4) is 0 Å². The van der Waals surface area contributed by atoms with Gasteiger partial charge in [-0.3, -0.25) is 5.10 Å². The van der Waals surface area contributed by atoms with Gasteiger partial charge >= 0.3 is 0 Å². The minimum Gasteiger partial charge on any atom is -0.309 e. The first-order chi connectivity index (χ1) is 9.67. The predicted molar refractivity (Wildman–Crippen MR) is 79.4 cm³/mol. The monoisotopic (exact) mass is 270 g/mol. The van der Waals surface area contributed by atoms with Gasteiger partial charge in [-0.05, 0) is 35.9 Å². The molecule has 106 valence electrons. The number of H-pyrrole nitrogens is 1. The number of aromatic amines is 1. The fraction of sp³-hybridized carbons (Fsp3) is 0.500. The summed E-state index contributed by atoms with van der Waals surface area (Å²) in [5.41, 5.74) is 3.25. The standard InChI is InChI=1S/C16H22N4/c1-16(2)10-12-6-3-4-7-13(12)15(16)17-9-5-8-14-18-11-19-20-14/h3-4,6-7,11,15,17H,5,8-10H2,1-2H3,(H,18,19,20). The third-order valence-corrected chi connectivity index (χ3v) is 4.20. The van der Waals surface area contributed by atoms with Crippen LogP contribution in [0.1, 0.15) is 43.3 Å². The highest BCUT2D eigenvalue weighted by Crippen LogP contribution is 2.44. The molecule has 0 fully saturated rings. The molecule has 2 N–H and O–H groups in total. The van der Waals surface area contributed by atoms with Crippen LogP contribution in [-0.2, 0) is 12.8 Å². The van der Waals surface area contributed by atoms with E-state index in [0.29, 0.717) is 6.04 Å². The molecule has 3 rings (SSSR count). The van der Waals surface area contributed by atoms with Crippen molar-refractivity contribution in [1.29, 1.82) is 0 Å². The van der Waals surface area contributed by atoms with E-state index in [9.17, 15) is 0 Å². The van der Waals surface area contributed by atoms with E-state index in [-0.39, 0.29) is 5.41 Å². The van der Waals surface area contributed by atoms with Gasteiger partial charge in [0.2, 0.25) is 0 Å². The van der Waals surface area contributed by atoms with Crippen LogP contribution in [0.3, 0.4) is 0 Å². The fourth-order valence-electron chi connectivity index (χ4n) is 3.23. The highest BCUT2D eigenvalue weighted by atomic mass is 15.2. The van der Waals surface area contributed by atoms with Crippen LogP contribution in [0.25, 0.3) is 0 Å². The average Bonchev–Trinajstić information content (AvgIpc) is 3.00. The van der Waals surface area contributed by atoms with Crippen LogP contribution < -0.4 is 5.32 Å². The van der Waals surface area contributed by atoms with E-state index < -0.39 is 0 Å². The highest BCUT2D eigenvalue weighted by molar-refractivity contribution is 5.37. The molecule has 1 aliphatic rings. The molecule has 4 nitrogen and oxygen atoms in total. The van der Waals surface area contributed by atoms with Gasteiger partial charge in [0.1, 0.15) is 12.2 Å². The molecule has 20 heavy (non-hydrogen) atoms. The maximum atomic E-state index is 4.16. The number of benzene rings is 1. The lowest BCUT2D eigenvalue weighted by Crippen LogP contribution is -2.32. The smallest absolute Gasteiger partial charge is 0.137 e. The van der Waals surface area contributed by atoms with Gasteiger partial charge in [0, 0.05) is 12.5 Å². The van der Waals surface area contributed by atoms with E-state index in [4.69, 9.17) is 0 Å². The number of nitrogens with one attached hydrogen (secondary N) is 2. The van der Waals surface area contributed by atoms with Crippen LogP contribution in [0.2, 0.25) is 0 Å². The van der Waals surface area contributed by atoms with Gasteiger partial charge in [-0.25, -0.2) is 4.98 Å². The van der Waals surface area contributed by atoms with E-state index >= 15 is 0 Å². The number of hydrogen-bond acceptors (Lipinski definition) is 3. The molecule has 0 saturated heterocycles. The first kappa shape index (κ1) is 13.3. The van der Waals surface area contributed by atoms with Gasteiger partial charge in [-0.15, -0.1) is 0 Å². The van der Waals surface area contributed by atoms with Crippen LogP contribution in [0, 0.1) is 5.41 Å². The highest BCUT2D eigenvalue weighted by Gasteiger charge is 2.37. The van der Waals surface area contributed by atoms with Crippen molar-refractivity contribution in [3.63, 3.8) is 0 Å². The van der Waals surface area contributed by atoms with Crippen LogP contribution in [0.15, 0.2) is 30.6 Å². The topological polar surface area (TPSA) is 53.6 Å². The van der Waals surface area contributed by atoms with Gasteiger partial charge in [-0.2, -0.15) is 5.10 Å². The van der Waals surface area contributed by atoms with Gasteiger partial charge < -0.3 is 5.32 Å². The lowest BCUT2D eigenvalue weighted by Gasteiger charge is -2.28. The van der Waals surface area contributed by atoms with Gasteiger partial charge in [-0.1, -0.05) is 38.1 Å². The Morgan fingerprint density at radius 2 is 2.20 bits per heavy atom. The second-order valence-electron chi connectivity index (χ2n) is 6.29. The Balaban J connectivity index is 1.59. The fourth-order valence-corrected chi connectivity index (χ4v) is 3.23. The summed E-state index contributed by atoms with van der Waals surface area (Å²) in [5.74, 6) is 0.970. The summed E-state index contributed by atoms with van der Waals surface area (Å²) in [6, 6.07) is 9.25. The van der Waals surface area contributed by atoms with E-state index in [1.165, 1.54) is 11.1 Å². The Morgan fingerprint density at radius 1 is 1.35 bits per heavy atom. The summed E-state index contributed by atoms with van der Waals surface area (Å²) in [4.78, 5) is 4.16. The number of hydrogen-bond donors (Lipinski definition) is 2. The Bertz CT molecular complexity index is 560. The summed E-state index contributed by atoms with van der Waals surface area (Å²) in [7, 11) is 0. The third-order valence-electron chi connectivity index (χ3n) is 4.20. The summed E-state index contributed by atoms with van der Waals surface area (Å²) in [6.45, 7) is 5.70. The maximum Gasteiger partial charge on any atom is 0.137 e. The lowest BCUT2D eigenvalue weighted by molar-refractivity contribution is 0.269. The predicted octanol–water partition coefficient (Wildman–Crippen LogP) is 2.65. The Labute approximate surface area is 120 Å². The van der Waals surface area contributed by atoms with Crippen LogP contribution >= 0.6 is 0 Å². The second kappa shape index (κ2) is 5.37. The van der Waals surface area contributed by atoms with Gasteiger partial charge in [0.05, 0.1) is 0 Å². The minimum absolute atomic E-state index is 0.288. The largest absolute Gasteiger partial charge is 0.309 e. The molecule has 1 atom stereocenters. The summed E-state index contributed by atoms with van der Waals surface area (Å²) in [5, 5.41) is 10.5. The first-order valence-electron chi connectivity index (χ1n) is 7.32. The number of fused-ring (bicyclic) bond motifs is 1. The van der Waals surface area contributed by atoms with E-state index in [1.807, 2.05) is 0 Å². The summed E-state index contributed by atoms with van der Waals surface area (Å²) < 4.78 is 0. The summed E-state index contributed by atoms with van der Waals surface area (Å²) >= 11 is 0. The SMILES string of the molecule is CC1(C)Cc2ccccc2C1NCCCc1ncn[nH]1. The molecule has 1 aliphatic carbocycles.